The van der Waals surface area contributed by atoms with Crippen LogP contribution in [0.15, 0.2) is 24.3 Å². The third kappa shape index (κ3) is 2.64. The highest BCUT2D eigenvalue weighted by molar-refractivity contribution is 7.79. The van der Waals surface area contributed by atoms with Crippen LogP contribution in [0.2, 0.25) is 0 Å². The lowest BCUT2D eigenvalue weighted by atomic mass is 10.2. The monoisotopic (exact) mass is 265 g/mol. The van der Waals surface area contributed by atoms with Gasteiger partial charge in [-0.2, -0.15) is 12.6 Å². The molecule has 0 fully saturated rings. The van der Waals surface area contributed by atoms with Crippen molar-refractivity contribution in [2.45, 2.75) is 19.6 Å². The highest BCUT2D eigenvalue weighted by Gasteiger charge is 2.12. The summed E-state index contributed by atoms with van der Waals surface area (Å²) in [4.78, 5) is 5.80. The minimum Gasteiger partial charge on any atom is -0.493 e. The number of benzene rings is 1. The number of aryl methyl sites for hydroxylation is 1. The van der Waals surface area contributed by atoms with Crippen LogP contribution in [0.4, 0.5) is 0 Å². The fourth-order valence-corrected chi connectivity index (χ4v) is 2.99. The molecule has 1 aromatic carbocycles. The minimum absolute atomic E-state index is 0.667. The number of hydrogen-bond donors (Lipinski definition) is 1. The van der Waals surface area contributed by atoms with Crippen molar-refractivity contribution in [1.82, 2.24) is 4.98 Å². The Hall–Kier alpha value is -1.000. The molecule has 17 heavy (non-hydrogen) atoms. The molecule has 4 heteroatoms. The van der Waals surface area contributed by atoms with Gasteiger partial charge < -0.3 is 4.74 Å². The van der Waals surface area contributed by atoms with Crippen molar-refractivity contribution in [2.75, 3.05) is 6.61 Å². The number of para-hydroxylation sites is 1. The topological polar surface area (TPSA) is 22.1 Å². The molecule has 0 radical (unpaired) electrons. The van der Waals surface area contributed by atoms with Gasteiger partial charge in [-0.3, -0.25) is 0 Å². The standard InChI is InChI=1S/C13H15NOS2/c1-3-15-11-7-5-4-6-10(11)13-14-9(2)12(8-16)17-13/h4-7,16H,3,8H2,1-2H3. The van der Waals surface area contributed by atoms with Gasteiger partial charge in [-0.05, 0) is 26.0 Å². The fraction of sp³-hybridized carbons (Fsp3) is 0.308. The van der Waals surface area contributed by atoms with E-state index in [1.165, 1.54) is 4.88 Å². The molecular formula is C13H15NOS2. The normalized spacial score (nSPS) is 10.5. The second-order valence-corrected chi connectivity index (χ2v) is 5.01. The lowest BCUT2D eigenvalue weighted by Crippen LogP contribution is -1.93. The Morgan fingerprint density at radius 3 is 2.76 bits per heavy atom. The summed E-state index contributed by atoms with van der Waals surface area (Å²) in [6.07, 6.45) is 0. The molecule has 2 nitrogen and oxygen atoms in total. The van der Waals surface area contributed by atoms with E-state index in [2.05, 4.69) is 17.6 Å². The van der Waals surface area contributed by atoms with Gasteiger partial charge in [-0.1, -0.05) is 12.1 Å². The van der Waals surface area contributed by atoms with E-state index in [0.29, 0.717) is 6.61 Å². The Bertz CT molecular complexity index is 508. The molecule has 0 amide bonds. The molecule has 2 rings (SSSR count). The van der Waals surface area contributed by atoms with Crippen molar-refractivity contribution in [1.29, 1.82) is 0 Å². The summed E-state index contributed by atoms with van der Waals surface area (Å²) in [6.45, 7) is 4.68. The second-order valence-electron chi connectivity index (χ2n) is 3.61. The van der Waals surface area contributed by atoms with Gasteiger partial charge in [0.2, 0.25) is 0 Å². The molecule has 0 aliphatic rings. The maximum atomic E-state index is 5.62. The molecule has 1 heterocycles. The molecular weight excluding hydrogens is 250 g/mol. The fourth-order valence-electron chi connectivity index (χ4n) is 1.61. The summed E-state index contributed by atoms with van der Waals surface area (Å²) >= 11 is 6.00. The van der Waals surface area contributed by atoms with Crippen LogP contribution < -0.4 is 4.74 Å². The van der Waals surface area contributed by atoms with Crippen LogP contribution in [-0.2, 0) is 5.75 Å². The van der Waals surface area contributed by atoms with Crippen molar-refractivity contribution in [2.24, 2.45) is 0 Å². The SMILES string of the molecule is CCOc1ccccc1-c1nc(C)c(CS)s1. The van der Waals surface area contributed by atoms with Gasteiger partial charge in [0.25, 0.3) is 0 Å². The van der Waals surface area contributed by atoms with Crippen LogP contribution in [-0.4, -0.2) is 11.6 Å². The average molecular weight is 265 g/mol. The maximum absolute atomic E-state index is 5.62. The smallest absolute Gasteiger partial charge is 0.129 e. The molecule has 0 spiro atoms. The zero-order valence-corrected chi connectivity index (χ0v) is 11.6. The number of aromatic nitrogens is 1. The first-order chi connectivity index (χ1) is 8.26. The highest BCUT2D eigenvalue weighted by Crippen LogP contribution is 2.34. The molecule has 1 aromatic heterocycles. The summed E-state index contributed by atoms with van der Waals surface area (Å²) in [5.74, 6) is 1.63. The Morgan fingerprint density at radius 2 is 2.12 bits per heavy atom. The molecule has 0 aliphatic carbocycles. The van der Waals surface area contributed by atoms with Gasteiger partial charge in [0.1, 0.15) is 10.8 Å². The average Bonchev–Trinajstić information content (AvgIpc) is 2.71. The van der Waals surface area contributed by atoms with E-state index in [0.717, 1.165) is 27.8 Å². The van der Waals surface area contributed by atoms with Crippen molar-refractivity contribution in [3.63, 3.8) is 0 Å². The van der Waals surface area contributed by atoms with Gasteiger partial charge in [0.05, 0.1) is 17.9 Å². The predicted octanol–water partition coefficient (Wildman–Crippen LogP) is 3.95. The largest absolute Gasteiger partial charge is 0.493 e. The van der Waals surface area contributed by atoms with Crippen LogP contribution in [0.3, 0.4) is 0 Å². The van der Waals surface area contributed by atoms with E-state index in [1.54, 1.807) is 11.3 Å². The zero-order valence-electron chi connectivity index (χ0n) is 9.93. The van der Waals surface area contributed by atoms with Gasteiger partial charge in [-0.15, -0.1) is 11.3 Å². The van der Waals surface area contributed by atoms with Crippen molar-refractivity contribution in [3.8, 4) is 16.3 Å². The van der Waals surface area contributed by atoms with Crippen molar-refractivity contribution < 1.29 is 4.74 Å². The molecule has 2 aromatic rings. The Balaban J connectivity index is 2.44. The van der Waals surface area contributed by atoms with Gasteiger partial charge in [0.15, 0.2) is 0 Å². The number of hydrogen-bond acceptors (Lipinski definition) is 4. The van der Waals surface area contributed by atoms with E-state index in [1.807, 2.05) is 38.1 Å². The van der Waals surface area contributed by atoms with Gasteiger partial charge in [-0.25, -0.2) is 4.98 Å². The summed E-state index contributed by atoms with van der Waals surface area (Å²) in [6, 6.07) is 8.02. The van der Waals surface area contributed by atoms with Crippen LogP contribution in [0.25, 0.3) is 10.6 Å². The first-order valence-electron chi connectivity index (χ1n) is 5.55. The number of nitrogens with zero attached hydrogens (tertiary/aromatic N) is 1. The van der Waals surface area contributed by atoms with Crippen LogP contribution in [0, 0.1) is 6.92 Å². The molecule has 0 bridgehead atoms. The molecule has 0 saturated carbocycles. The Labute approximate surface area is 111 Å². The summed E-state index contributed by atoms with van der Waals surface area (Å²) in [5, 5.41) is 1.01. The van der Waals surface area contributed by atoms with E-state index < -0.39 is 0 Å². The van der Waals surface area contributed by atoms with Crippen LogP contribution in [0.1, 0.15) is 17.5 Å². The van der Waals surface area contributed by atoms with E-state index in [-0.39, 0.29) is 0 Å². The van der Waals surface area contributed by atoms with E-state index in [9.17, 15) is 0 Å². The molecule has 0 unspecified atom stereocenters. The number of rotatable bonds is 4. The molecule has 0 aliphatic heterocycles. The molecule has 0 atom stereocenters. The van der Waals surface area contributed by atoms with E-state index >= 15 is 0 Å². The molecule has 0 saturated heterocycles. The maximum Gasteiger partial charge on any atom is 0.129 e. The number of thiol groups is 1. The lowest BCUT2D eigenvalue weighted by Gasteiger charge is -2.07. The predicted molar refractivity (Wildman–Crippen MR) is 76.1 cm³/mol. The van der Waals surface area contributed by atoms with Crippen LogP contribution in [0.5, 0.6) is 5.75 Å². The minimum atomic E-state index is 0.667. The third-order valence-corrected chi connectivity index (χ3v) is 4.17. The highest BCUT2D eigenvalue weighted by atomic mass is 32.1. The quantitative estimate of drug-likeness (QED) is 0.846. The summed E-state index contributed by atoms with van der Waals surface area (Å²) in [5.41, 5.74) is 2.13. The number of thiazole rings is 1. The van der Waals surface area contributed by atoms with E-state index in [4.69, 9.17) is 4.74 Å². The Kier molecular flexibility index (Phi) is 4.07. The molecule has 0 N–H and O–H groups in total. The van der Waals surface area contributed by atoms with Crippen molar-refractivity contribution in [3.05, 3.63) is 34.8 Å². The second kappa shape index (κ2) is 5.56. The number of ether oxygens (including phenoxy) is 1. The van der Waals surface area contributed by atoms with Crippen LogP contribution >= 0.6 is 24.0 Å². The molecule has 90 valence electrons. The summed E-state index contributed by atoms with van der Waals surface area (Å²) in [7, 11) is 0. The van der Waals surface area contributed by atoms with Gasteiger partial charge >= 0.3 is 0 Å². The lowest BCUT2D eigenvalue weighted by molar-refractivity contribution is 0.341. The first-order valence-corrected chi connectivity index (χ1v) is 7.00. The van der Waals surface area contributed by atoms with Gasteiger partial charge in [0, 0.05) is 10.6 Å². The van der Waals surface area contributed by atoms with Crippen molar-refractivity contribution >= 4 is 24.0 Å². The summed E-state index contributed by atoms with van der Waals surface area (Å²) < 4.78 is 5.62. The Morgan fingerprint density at radius 1 is 1.35 bits per heavy atom. The third-order valence-electron chi connectivity index (χ3n) is 2.45. The zero-order chi connectivity index (χ0) is 12.3. The first kappa shape index (κ1) is 12.5.